The van der Waals surface area contributed by atoms with Gasteiger partial charge in [-0.3, -0.25) is 4.79 Å². The Morgan fingerprint density at radius 1 is 1.42 bits per heavy atom. The molecule has 0 unspecified atom stereocenters. The lowest BCUT2D eigenvalue weighted by Gasteiger charge is -2.23. The lowest BCUT2D eigenvalue weighted by molar-refractivity contribution is -0.128. The molecule has 0 aromatic heterocycles. The first-order valence-electron chi connectivity index (χ1n) is 6.59. The zero-order chi connectivity index (χ0) is 13.8. The van der Waals surface area contributed by atoms with E-state index in [2.05, 4.69) is 0 Å². The maximum absolute atomic E-state index is 12.1. The predicted octanol–water partition coefficient (Wildman–Crippen LogP) is 1.86. The zero-order valence-corrected chi connectivity index (χ0v) is 12.0. The van der Waals surface area contributed by atoms with Crippen LogP contribution in [0.5, 0.6) is 0 Å². The maximum atomic E-state index is 12.1. The van der Waals surface area contributed by atoms with E-state index < -0.39 is 0 Å². The quantitative estimate of drug-likeness (QED) is 0.916. The van der Waals surface area contributed by atoms with Crippen molar-refractivity contribution < 1.29 is 4.79 Å². The van der Waals surface area contributed by atoms with Crippen molar-refractivity contribution in [1.29, 1.82) is 0 Å². The van der Waals surface area contributed by atoms with E-state index >= 15 is 0 Å². The number of rotatable bonds is 4. The fourth-order valence-electron chi connectivity index (χ4n) is 2.30. The number of anilines is 1. The van der Waals surface area contributed by atoms with Gasteiger partial charge in [0, 0.05) is 37.4 Å². The summed E-state index contributed by atoms with van der Waals surface area (Å²) in [4.78, 5) is 15.9. The molecule has 2 rings (SSSR count). The minimum Gasteiger partial charge on any atom is -0.365 e. The average Bonchev–Trinajstić information content (AvgIpc) is 2.92. The van der Waals surface area contributed by atoms with Crippen LogP contribution in [-0.2, 0) is 11.3 Å². The minimum atomic E-state index is 0.180. The van der Waals surface area contributed by atoms with Gasteiger partial charge in [-0.25, -0.2) is 0 Å². The summed E-state index contributed by atoms with van der Waals surface area (Å²) in [6, 6.07) is 5.72. The second-order valence-electron chi connectivity index (χ2n) is 4.92. The van der Waals surface area contributed by atoms with E-state index in [0.717, 1.165) is 37.2 Å². The Labute approximate surface area is 119 Å². The lowest BCUT2D eigenvalue weighted by atomic mass is 10.2. The van der Waals surface area contributed by atoms with Crippen LogP contribution in [0, 0.1) is 0 Å². The van der Waals surface area contributed by atoms with Gasteiger partial charge < -0.3 is 15.5 Å². The summed E-state index contributed by atoms with van der Waals surface area (Å²) in [5, 5.41) is 0.653. The number of nitrogens with two attached hydrogens (primary N) is 1. The van der Waals surface area contributed by atoms with Gasteiger partial charge in [-0.1, -0.05) is 17.7 Å². The first-order chi connectivity index (χ1) is 9.11. The van der Waals surface area contributed by atoms with Gasteiger partial charge in [0.2, 0.25) is 5.91 Å². The number of hydrogen-bond acceptors (Lipinski definition) is 3. The van der Waals surface area contributed by atoms with Crippen molar-refractivity contribution in [2.24, 2.45) is 5.73 Å². The number of likely N-dealkylation sites (tertiary alicyclic amines) is 1. The molecule has 0 spiro atoms. The van der Waals surface area contributed by atoms with E-state index in [1.54, 1.807) is 0 Å². The number of carbonyl (C=O) groups is 1. The molecule has 5 heteroatoms. The molecule has 0 radical (unpaired) electrons. The van der Waals surface area contributed by atoms with Crippen LogP contribution in [0.25, 0.3) is 0 Å². The van der Waals surface area contributed by atoms with Gasteiger partial charge in [0.05, 0.1) is 6.54 Å². The summed E-state index contributed by atoms with van der Waals surface area (Å²) in [5.41, 5.74) is 7.44. The molecule has 1 heterocycles. The van der Waals surface area contributed by atoms with Crippen LogP contribution in [0.3, 0.4) is 0 Å². The molecule has 1 aromatic rings. The molecule has 0 saturated carbocycles. The molecule has 1 fully saturated rings. The molecule has 1 aliphatic heterocycles. The molecule has 0 aliphatic carbocycles. The number of amides is 1. The molecule has 2 N–H and O–H groups in total. The molecule has 1 amide bonds. The number of carbonyl (C=O) groups excluding carboxylic acids is 1. The van der Waals surface area contributed by atoms with Crippen molar-refractivity contribution in [3.8, 4) is 0 Å². The van der Waals surface area contributed by atoms with Gasteiger partial charge in [0.25, 0.3) is 0 Å². The third-order valence-corrected chi connectivity index (χ3v) is 3.88. The van der Waals surface area contributed by atoms with E-state index in [0.29, 0.717) is 18.1 Å². The minimum absolute atomic E-state index is 0.180. The first kappa shape index (κ1) is 14.2. The van der Waals surface area contributed by atoms with Crippen LogP contribution in [-0.4, -0.2) is 37.5 Å². The molecular formula is C14H20ClN3O. The summed E-state index contributed by atoms with van der Waals surface area (Å²) in [5.74, 6) is 0.180. The van der Waals surface area contributed by atoms with Crippen molar-refractivity contribution in [2.45, 2.75) is 19.4 Å². The highest BCUT2D eigenvalue weighted by Gasteiger charge is 2.19. The fraction of sp³-hybridized carbons (Fsp3) is 0.500. The molecule has 19 heavy (non-hydrogen) atoms. The van der Waals surface area contributed by atoms with Gasteiger partial charge in [0.1, 0.15) is 0 Å². The molecular weight excluding hydrogens is 262 g/mol. The number of nitrogens with zero attached hydrogens (tertiary/aromatic N) is 2. The predicted molar refractivity (Wildman–Crippen MR) is 78.4 cm³/mol. The SMILES string of the molecule is CN(CC(=O)N1CCCC1)c1ccc(CN)c(Cl)c1. The molecule has 0 bridgehead atoms. The van der Waals surface area contributed by atoms with Crippen molar-refractivity contribution in [1.82, 2.24) is 4.90 Å². The summed E-state index contributed by atoms with van der Waals surface area (Å²) in [6.45, 7) is 2.59. The van der Waals surface area contributed by atoms with E-state index in [4.69, 9.17) is 17.3 Å². The third kappa shape index (κ3) is 3.39. The van der Waals surface area contributed by atoms with Gasteiger partial charge in [0.15, 0.2) is 0 Å². The van der Waals surface area contributed by atoms with Crippen LogP contribution in [0.4, 0.5) is 5.69 Å². The van der Waals surface area contributed by atoms with Crippen molar-refractivity contribution in [3.05, 3.63) is 28.8 Å². The Balaban J connectivity index is 2.00. The monoisotopic (exact) mass is 281 g/mol. The van der Waals surface area contributed by atoms with E-state index in [1.165, 1.54) is 0 Å². The Morgan fingerprint density at radius 2 is 2.11 bits per heavy atom. The second kappa shape index (κ2) is 6.26. The van der Waals surface area contributed by atoms with Crippen LogP contribution in [0.15, 0.2) is 18.2 Å². The molecule has 104 valence electrons. The van der Waals surface area contributed by atoms with Crippen molar-refractivity contribution in [3.63, 3.8) is 0 Å². The summed E-state index contributed by atoms with van der Waals surface area (Å²) in [7, 11) is 1.90. The first-order valence-corrected chi connectivity index (χ1v) is 6.97. The zero-order valence-electron chi connectivity index (χ0n) is 11.2. The highest BCUT2D eigenvalue weighted by molar-refractivity contribution is 6.31. The Kier molecular flexibility index (Phi) is 4.66. The standard InChI is InChI=1S/C14H20ClN3O/c1-17(10-14(19)18-6-2-3-7-18)12-5-4-11(9-16)13(15)8-12/h4-5,8H,2-3,6-7,9-10,16H2,1H3. The van der Waals surface area contributed by atoms with Crippen LogP contribution in [0.2, 0.25) is 5.02 Å². The number of likely N-dealkylation sites (N-methyl/N-ethyl adjacent to an activating group) is 1. The maximum Gasteiger partial charge on any atom is 0.242 e. The molecule has 1 saturated heterocycles. The van der Waals surface area contributed by atoms with E-state index in [1.807, 2.05) is 35.0 Å². The molecule has 1 aliphatic rings. The summed E-state index contributed by atoms with van der Waals surface area (Å²) in [6.07, 6.45) is 2.24. The van der Waals surface area contributed by atoms with Crippen LogP contribution >= 0.6 is 11.6 Å². The topological polar surface area (TPSA) is 49.6 Å². The Hall–Kier alpha value is -1.26. The summed E-state index contributed by atoms with van der Waals surface area (Å²) < 4.78 is 0. The average molecular weight is 282 g/mol. The smallest absolute Gasteiger partial charge is 0.242 e. The Bertz CT molecular complexity index is 458. The highest BCUT2D eigenvalue weighted by Crippen LogP contribution is 2.23. The molecule has 4 nitrogen and oxygen atoms in total. The molecule has 0 atom stereocenters. The number of hydrogen-bond donors (Lipinski definition) is 1. The van der Waals surface area contributed by atoms with Gasteiger partial charge in [-0.15, -0.1) is 0 Å². The Morgan fingerprint density at radius 3 is 2.68 bits per heavy atom. The number of benzene rings is 1. The number of halogens is 1. The normalized spacial score (nSPS) is 14.8. The van der Waals surface area contributed by atoms with Crippen molar-refractivity contribution in [2.75, 3.05) is 31.6 Å². The van der Waals surface area contributed by atoms with Gasteiger partial charge in [-0.2, -0.15) is 0 Å². The van der Waals surface area contributed by atoms with E-state index in [9.17, 15) is 4.79 Å². The van der Waals surface area contributed by atoms with Crippen LogP contribution in [0.1, 0.15) is 18.4 Å². The second-order valence-corrected chi connectivity index (χ2v) is 5.33. The van der Waals surface area contributed by atoms with Gasteiger partial charge >= 0.3 is 0 Å². The van der Waals surface area contributed by atoms with Gasteiger partial charge in [-0.05, 0) is 30.5 Å². The fourth-order valence-corrected chi connectivity index (χ4v) is 2.55. The van der Waals surface area contributed by atoms with Crippen LogP contribution < -0.4 is 10.6 Å². The third-order valence-electron chi connectivity index (χ3n) is 3.53. The summed E-state index contributed by atoms with van der Waals surface area (Å²) >= 11 is 6.14. The largest absolute Gasteiger partial charge is 0.365 e. The highest BCUT2D eigenvalue weighted by atomic mass is 35.5. The lowest BCUT2D eigenvalue weighted by Crippen LogP contribution is -2.37. The van der Waals surface area contributed by atoms with Crippen molar-refractivity contribution >= 4 is 23.2 Å². The van der Waals surface area contributed by atoms with E-state index in [-0.39, 0.29) is 5.91 Å². The molecule has 1 aromatic carbocycles.